The molecule has 2 saturated heterocycles. The smallest absolute Gasteiger partial charge is 0.410 e. The normalized spacial score (nSPS) is 20.5. The van der Waals surface area contributed by atoms with Gasteiger partial charge in [-0.3, -0.25) is 14.5 Å². The summed E-state index contributed by atoms with van der Waals surface area (Å²) in [6.45, 7) is 6.05. The van der Waals surface area contributed by atoms with Crippen LogP contribution >= 0.6 is 0 Å². The summed E-state index contributed by atoms with van der Waals surface area (Å²) in [5, 5.41) is 0. The largest absolute Gasteiger partial charge is 0.476 e. The molecule has 3 amide bonds. The van der Waals surface area contributed by atoms with E-state index >= 15 is 0 Å². The molecule has 3 aliphatic rings. The van der Waals surface area contributed by atoms with E-state index in [4.69, 9.17) is 9.47 Å². The third kappa shape index (κ3) is 6.26. The first-order valence-corrected chi connectivity index (χ1v) is 14.6. The molecule has 3 heterocycles. The Bertz CT molecular complexity index is 1190. The van der Waals surface area contributed by atoms with Crippen LogP contribution in [0.5, 0.6) is 5.88 Å². The number of aromatic nitrogens is 2. The average molecular weight is 567 g/mol. The van der Waals surface area contributed by atoms with Gasteiger partial charge in [-0.25, -0.2) is 23.2 Å². The van der Waals surface area contributed by atoms with Gasteiger partial charge in [-0.15, -0.1) is 0 Å². The molecule has 1 aromatic heterocycles. The number of piperazine rings is 1. The van der Waals surface area contributed by atoms with Gasteiger partial charge in [0.15, 0.2) is 10.6 Å². The lowest BCUT2D eigenvalue weighted by Gasteiger charge is -2.37. The number of anilines is 1. The highest BCUT2D eigenvalue weighted by Crippen LogP contribution is 2.39. The molecule has 0 unspecified atom stereocenters. The Morgan fingerprint density at radius 1 is 1.10 bits per heavy atom. The molecule has 1 aromatic rings. The van der Waals surface area contributed by atoms with E-state index in [1.165, 1.54) is 50.1 Å². The zero-order valence-corrected chi connectivity index (χ0v) is 24.1. The van der Waals surface area contributed by atoms with Gasteiger partial charge in [0.2, 0.25) is 27.7 Å². The molecule has 4 rings (SSSR count). The van der Waals surface area contributed by atoms with Gasteiger partial charge >= 0.3 is 6.09 Å². The third-order valence-corrected chi connectivity index (χ3v) is 10.1. The molecule has 2 aliphatic heterocycles. The number of likely N-dealkylation sites (tertiary alicyclic amines) is 1. The van der Waals surface area contributed by atoms with Crippen LogP contribution in [-0.4, -0.2) is 114 Å². The van der Waals surface area contributed by atoms with Crippen molar-refractivity contribution in [2.75, 3.05) is 58.3 Å². The van der Waals surface area contributed by atoms with Crippen LogP contribution in [0.3, 0.4) is 0 Å². The molecule has 0 bridgehead atoms. The van der Waals surface area contributed by atoms with Crippen LogP contribution in [0.4, 0.5) is 10.6 Å². The first-order chi connectivity index (χ1) is 18.2. The van der Waals surface area contributed by atoms with Crippen molar-refractivity contribution in [1.29, 1.82) is 0 Å². The highest BCUT2D eigenvalue weighted by Gasteiger charge is 2.48. The Labute approximate surface area is 229 Å². The number of nitrogens with zero attached hydrogens (tertiary/aromatic N) is 6. The van der Waals surface area contributed by atoms with Gasteiger partial charge in [0.25, 0.3) is 0 Å². The van der Waals surface area contributed by atoms with Gasteiger partial charge in [0, 0.05) is 40.3 Å². The Morgan fingerprint density at radius 2 is 1.77 bits per heavy atom. The van der Waals surface area contributed by atoms with E-state index in [1.807, 2.05) is 6.92 Å². The maximum atomic E-state index is 13.1. The lowest BCUT2D eigenvalue weighted by atomic mass is 9.98. The van der Waals surface area contributed by atoms with Gasteiger partial charge < -0.3 is 19.3 Å². The second kappa shape index (κ2) is 10.9. The molecule has 1 aliphatic carbocycles. The van der Waals surface area contributed by atoms with Crippen molar-refractivity contribution in [3.8, 4) is 5.88 Å². The van der Waals surface area contributed by atoms with Crippen LogP contribution in [0.15, 0.2) is 12.4 Å². The zero-order chi connectivity index (χ0) is 28.6. The molecule has 0 N–H and O–H groups in total. The van der Waals surface area contributed by atoms with E-state index in [0.29, 0.717) is 31.4 Å². The summed E-state index contributed by atoms with van der Waals surface area (Å²) in [7, 11) is -1.09. The summed E-state index contributed by atoms with van der Waals surface area (Å²) >= 11 is 0. The number of carbonyl (C=O) groups excluding carboxylic acids is 3. The SMILES string of the molecule is CN(C)C(=O)C(C)(C)S(=O)(=O)N1CCN(c2cnc(OCC3CCN(C(=O)OC4(C)CC4)CC3)cn2)C(=O)C1. The van der Waals surface area contributed by atoms with E-state index in [0.717, 1.165) is 30.0 Å². The van der Waals surface area contributed by atoms with Gasteiger partial charge in [0.1, 0.15) is 5.60 Å². The monoisotopic (exact) mass is 566 g/mol. The molecule has 216 valence electrons. The van der Waals surface area contributed by atoms with Crippen LogP contribution in [-0.2, 0) is 24.3 Å². The molecular formula is C25H38N6O7S. The van der Waals surface area contributed by atoms with Crippen molar-refractivity contribution in [2.24, 2.45) is 5.92 Å². The zero-order valence-electron chi connectivity index (χ0n) is 23.3. The summed E-state index contributed by atoms with van der Waals surface area (Å²) in [4.78, 5) is 50.5. The fourth-order valence-corrected chi connectivity index (χ4v) is 6.28. The van der Waals surface area contributed by atoms with Crippen molar-refractivity contribution in [2.45, 2.75) is 56.8 Å². The molecule has 0 aromatic carbocycles. The minimum atomic E-state index is -4.07. The van der Waals surface area contributed by atoms with Gasteiger partial charge in [-0.05, 0) is 52.4 Å². The highest BCUT2D eigenvalue weighted by molar-refractivity contribution is 7.91. The molecule has 0 spiro atoms. The Hall–Kier alpha value is -3.00. The fraction of sp³-hybridized carbons (Fsp3) is 0.720. The maximum absolute atomic E-state index is 13.1. The van der Waals surface area contributed by atoms with E-state index in [-0.39, 0.29) is 30.7 Å². The van der Waals surface area contributed by atoms with E-state index in [1.54, 1.807) is 4.90 Å². The topological polar surface area (TPSA) is 143 Å². The summed E-state index contributed by atoms with van der Waals surface area (Å²) < 4.78 is 37.0. The molecule has 1 saturated carbocycles. The van der Waals surface area contributed by atoms with E-state index in [9.17, 15) is 22.8 Å². The molecular weight excluding hydrogens is 528 g/mol. The molecule has 0 atom stereocenters. The Morgan fingerprint density at radius 3 is 2.31 bits per heavy atom. The van der Waals surface area contributed by atoms with Crippen LogP contribution in [0.25, 0.3) is 0 Å². The first-order valence-electron chi connectivity index (χ1n) is 13.2. The van der Waals surface area contributed by atoms with Crippen molar-refractivity contribution < 1.29 is 32.3 Å². The number of hydrogen-bond donors (Lipinski definition) is 0. The molecule has 39 heavy (non-hydrogen) atoms. The number of rotatable bonds is 8. The number of piperidine rings is 1. The van der Waals surface area contributed by atoms with Gasteiger partial charge in [-0.2, -0.15) is 4.31 Å². The Balaban J connectivity index is 1.26. The summed E-state index contributed by atoms with van der Waals surface area (Å²) in [5.74, 6) is -0.131. The number of hydrogen-bond acceptors (Lipinski definition) is 9. The average Bonchev–Trinajstić information content (AvgIpc) is 3.63. The van der Waals surface area contributed by atoms with E-state index in [2.05, 4.69) is 9.97 Å². The van der Waals surface area contributed by atoms with Crippen molar-refractivity contribution in [3.05, 3.63) is 12.4 Å². The second-order valence-electron chi connectivity index (χ2n) is 11.4. The molecule has 13 nitrogen and oxygen atoms in total. The lowest BCUT2D eigenvalue weighted by Crippen LogP contribution is -2.59. The number of ether oxygens (including phenoxy) is 2. The third-order valence-electron chi connectivity index (χ3n) is 7.61. The lowest BCUT2D eigenvalue weighted by molar-refractivity contribution is -0.130. The van der Waals surface area contributed by atoms with Crippen molar-refractivity contribution in [1.82, 2.24) is 24.1 Å². The van der Waals surface area contributed by atoms with Crippen molar-refractivity contribution >= 4 is 33.7 Å². The van der Waals surface area contributed by atoms with Gasteiger partial charge in [-0.1, -0.05) is 0 Å². The quantitative estimate of drug-likeness (QED) is 0.452. The van der Waals surface area contributed by atoms with E-state index < -0.39 is 33.1 Å². The van der Waals surface area contributed by atoms with Gasteiger partial charge in [0.05, 0.1) is 25.5 Å². The minimum absolute atomic E-state index is 0.0314. The number of amides is 3. The summed E-state index contributed by atoms with van der Waals surface area (Å²) in [6.07, 6.45) is 6.07. The minimum Gasteiger partial charge on any atom is -0.476 e. The predicted molar refractivity (Wildman–Crippen MR) is 142 cm³/mol. The highest BCUT2D eigenvalue weighted by atomic mass is 32.2. The van der Waals surface area contributed by atoms with Crippen LogP contribution < -0.4 is 9.64 Å². The van der Waals surface area contributed by atoms with Crippen molar-refractivity contribution in [3.63, 3.8) is 0 Å². The molecule has 3 fully saturated rings. The van der Waals surface area contributed by atoms with Crippen LogP contribution in [0.2, 0.25) is 0 Å². The Kier molecular flexibility index (Phi) is 8.08. The van der Waals surface area contributed by atoms with Crippen LogP contribution in [0.1, 0.15) is 46.5 Å². The molecule has 14 heteroatoms. The maximum Gasteiger partial charge on any atom is 0.410 e. The summed E-state index contributed by atoms with van der Waals surface area (Å²) in [6, 6.07) is 0. The summed E-state index contributed by atoms with van der Waals surface area (Å²) in [5.41, 5.74) is -0.277. The fourth-order valence-electron chi connectivity index (χ4n) is 4.63. The van der Waals surface area contributed by atoms with Crippen LogP contribution in [0, 0.1) is 5.92 Å². The number of carbonyl (C=O) groups is 3. The standard InChI is InChI=1S/C25H38N6O7S/c1-24(2,22(33)28(4)5)39(35,36)30-12-13-31(21(32)16-30)19-14-27-20(15-26-19)37-17-18-6-10-29(11-7-18)23(34)38-25(3)8-9-25/h14-15,18H,6-13,16-17H2,1-5H3. The number of sulfonamides is 1. The first kappa shape index (κ1) is 29.0. The predicted octanol–water partition coefficient (Wildman–Crippen LogP) is 1.10. The molecule has 0 radical (unpaired) electrons. The second-order valence-corrected chi connectivity index (χ2v) is 13.9.